The van der Waals surface area contributed by atoms with Gasteiger partial charge in [-0.05, 0) is 43.9 Å². The lowest BCUT2D eigenvalue weighted by Gasteiger charge is -2.02. The van der Waals surface area contributed by atoms with Crippen LogP contribution in [0.4, 0.5) is 0 Å². The lowest BCUT2D eigenvalue weighted by molar-refractivity contribution is 0.992. The molecule has 26 heavy (non-hydrogen) atoms. The number of nitrogens with zero attached hydrogens (tertiary/aromatic N) is 1. The van der Waals surface area contributed by atoms with Crippen molar-refractivity contribution in [2.24, 2.45) is 0 Å². The normalized spacial score (nSPS) is 10.4. The van der Waals surface area contributed by atoms with Crippen molar-refractivity contribution in [2.75, 3.05) is 0 Å². The molecule has 3 rings (SSSR count). The van der Waals surface area contributed by atoms with Gasteiger partial charge in [0.2, 0.25) is 0 Å². The molecule has 3 aromatic rings. The van der Waals surface area contributed by atoms with Gasteiger partial charge in [-0.2, -0.15) is 0 Å². The van der Waals surface area contributed by atoms with Gasteiger partial charge >= 0.3 is 0 Å². The minimum atomic E-state index is 0.823. The summed E-state index contributed by atoms with van der Waals surface area (Å²) in [5.74, 6) is 0. The number of H-pyrrole nitrogens is 1. The fourth-order valence-electron chi connectivity index (χ4n) is 2.54. The largest absolute Gasteiger partial charge is 0.351 e. The Morgan fingerprint density at radius 1 is 1.08 bits per heavy atom. The number of rotatable bonds is 7. The van der Waals surface area contributed by atoms with Crippen LogP contribution >= 0.6 is 11.6 Å². The van der Waals surface area contributed by atoms with Gasteiger partial charge in [-0.15, -0.1) is 0 Å². The highest BCUT2D eigenvalue weighted by Crippen LogP contribution is 2.12. The van der Waals surface area contributed by atoms with Gasteiger partial charge in [0.15, 0.2) is 7.28 Å². The van der Waals surface area contributed by atoms with Gasteiger partial charge in [0.05, 0.1) is 6.33 Å². The van der Waals surface area contributed by atoms with Crippen molar-refractivity contribution in [3.8, 4) is 0 Å². The van der Waals surface area contributed by atoms with Crippen molar-refractivity contribution in [2.45, 2.75) is 32.5 Å². The molecule has 0 unspecified atom stereocenters. The predicted octanol–water partition coefficient (Wildman–Crippen LogP) is 5.39. The average molecular weight is 364 g/mol. The van der Waals surface area contributed by atoms with E-state index in [1.165, 1.54) is 16.6 Å². The molecule has 1 N–H and O–H groups in total. The highest BCUT2D eigenvalue weighted by atomic mass is 35.5. The molecule has 0 fully saturated rings. The average Bonchev–Trinajstić information content (AvgIpc) is 3.22. The summed E-state index contributed by atoms with van der Waals surface area (Å²) < 4.78 is 0. The Bertz CT molecular complexity index is 752. The minimum absolute atomic E-state index is 0.823. The van der Waals surface area contributed by atoms with Crippen LogP contribution in [-0.2, 0) is 6.42 Å². The standard InChI is InChI=1S/C19H21BCl.C3H4N2/c1-16-9-5-6-13-19(16)20-14-7-3-2-4-10-17-11-8-12-18(21)15-17;1-2-5-3-4-1/h2-3,5-6,8-9,11-13,15H,4,7,10,14H2,1H3;1-3H,(H,4,5). The summed E-state index contributed by atoms with van der Waals surface area (Å²) in [6.07, 6.45) is 14.0. The van der Waals surface area contributed by atoms with Crippen LogP contribution in [0.15, 0.2) is 79.4 Å². The molecular formula is C22H25BClN2. The van der Waals surface area contributed by atoms with E-state index in [0.717, 1.165) is 30.6 Å². The lowest BCUT2D eigenvalue weighted by atomic mass is 9.65. The van der Waals surface area contributed by atoms with E-state index in [-0.39, 0.29) is 0 Å². The first-order valence-corrected chi connectivity index (χ1v) is 9.34. The van der Waals surface area contributed by atoms with Gasteiger partial charge in [0.1, 0.15) is 0 Å². The van der Waals surface area contributed by atoms with Crippen LogP contribution in [0, 0.1) is 6.92 Å². The molecule has 0 atom stereocenters. The second-order valence-electron chi connectivity index (χ2n) is 6.04. The van der Waals surface area contributed by atoms with Crippen LogP contribution in [0.2, 0.25) is 11.3 Å². The van der Waals surface area contributed by atoms with E-state index in [4.69, 9.17) is 11.6 Å². The summed E-state index contributed by atoms with van der Waals surface area (Å²) in [6.45, 7) is 2.16. The maximum absolute atomic E-state index is 5.97. The molecule has 0 aliphatic heterocycles. The van der Waals surface area contributed by atoms with Crippen molar-refractivity contribution >= 4 is 24.3 Å². The number of hydrogen-bond donors (Lipinski definition) is 1. The number of imidazole rings is 1. The van der Waals surface area contributed by atoms with Crippen molar-refractivity contribution in [3.05, 3.63) is 95.6 Å². The molecular weight excluding hydrogens is 339 g/mol. The summed E-state index contributed by atoms with van der Waals surface area (Å²) in [5, 5.41) is 0.823. The first-order chi connectivity index (χ1) is 12.8. The number of hydrogen-bond acceptors (Lipinski definition) is 1. The molecule has 0 amide bonds. The molecule has 1 aromatic heterocycles. The van der Waals surface area contributed by atoms with Crippen molar-refractivity contribution in [1.82, 2.24) is 9.97 Å². The van der Waals surface area contributed by atoms with E-state index >= 15 is 0 Å². The topological polar surface area (TPSA) is 28.7 Å². The first kappa shape index (κ1) is 20.1. The maximum atomic E-state index is 5.97. The Hall–Kier alpha value is -2.26. The zero-order chi connectivity index (χ0) is 18.5. The summed E-state index contributed by atoms with van der Waals surface area (Å²) in [7, 11) is 2.32. The summed E-state index contributed by atoms with van der Waals surface area (Å²) in [5.41, 5.74) is 4.01. The van der Waals surface area contributed by atoms with Gasteiger partial charge in [-0.25, -0.2) is 4.98 Å². The summed E-state index contributed by atoms with van der Waals surface area (Å²) in [6, 6.07) is 16.6. The van der Waals surface area contributed by atoms with Crippen LogP contribution < -0.4 is 5.46 Å². The maximum Gasteiger partial charge on any atom is 0.152 e. The van der Waals surface area contributed by atoms with Gasteiger partial charge in [0, 0.05) is 17.4 Å². The second-order valence-corrected chi connectivity index (χ2v) is 6.48. The third kappa shape index (κ3) is 8.22. The molecule has 0 saturated carbocycles. The van der Waals surface area contributed by atoms with E-state index in [9.17, 15) is 0 Å². The number of aromatic nitrogens is 2. The van der Waals surface area contributed by atoms with Crippen molar-refractivity contribution in [1.29, 1.82) is 0 Å². The summed E-state index contributed by atoms with van der Waals surface area (Å²) in [4.78, 5) is 6.42. The van der Waals surface area contributed by atoms with Gasteiger partial charge in [-0.3, -0.25) is 0 Å². The van der Waals surface area contributed by atoms with Crippen molar-refractivity contribution in [3.63, 3.8) is 0 Å². The zero-order valence-electron chi connectivity index (χ0n) is 15.2. The Morgan fingerprint density at radius 2 is 1.92 bits per heavy atom. The zero-order valence-corrected chi connectivity index (χ0v) is 16.0. The molecule has 0 spiro atoms. The van der Waals surface area contributed by atoms with Gasteiger partial charge in [-0.1, -0.05) is 77.5 Å². The summed E-state index contributed by atoms with van der Waals surface area (Å²) >= 11 is 5.97. The molecule has 2 aromatic carbocycles. The molecule has 2 nitrogen and oxygen atoms in total. The van der Waals surface area contributed by atoms with Gasteiger partial charge in [0.25, 0.3) is 0 Å². The van der Waals surface area contributed by atoms with Gasteiger partial charge < -0.3 is 4.98 Å². The molecule has 1 heterocycles. The molecule has 133 valence electrons. The molecule has 0 bridgehead atoms. The lowest BCUT2D eigenvalue weighted by Crippen LogP contribution is -2.16. The predicted molar refractivity (Wildman–Crippen MR) is 113 cm³/mol. The monoisotopic (exact) mass is 363 g/mol. The fraction of sp³-hybridized carbons (Fsp3) is 0.227. The highest BCUT2D eigenvalue weighted by molar-refractivity contribution is 6.54. The van der Waals surface area contributed by atoms with Crippen molar-refractivity contribution < 1.29 is 0 Å². The van der Waals surface area contributed by atoms with E-state index in [0.29, 0.717) is 0 Å². The highest BCUT2D eigenvalue weighted by Gasteiger charge is 1.97. The third-order valence-corrected chi connectivity index (χ3v) is 4.18. The number of benzene rings is 2. The van der Waals surface area contributed by atoms with E-state index in [1.54, 1.807) is 18.7 Å². The molecule has 4 heteroatoms. The number of allylic oxidation sites excluding steroid dienone is 2. The van der Waals surface area contributed by atoms with Crippen LogP contribution in [0.5, 0.6) is 0 Å². The van der Waals surface area contributed by atoms with E-state index in [2.05, 4.69) is 66.7 Å². The molecule has 0 aliphatic carbocycles. The second kappa shape index (κ2) is 12.2. The van der Waals surface area contributed by atoms with Crippen LogP contribution in [0.3, 0.4) is 0 Å². The number of aromatic amines is 1. The Balaban J connectivity index is 0.000000417. The number of nitrogens with one attached hydrogen (secondary N) is 1. The Morgan fingerprint density at radius 3 is 2.62 bits per heavy atom. The van der Waals surface area contributed by atoms with Crippen LogP contribution in [0.1, 0.15) is 24.0 Å². The SMILES string of the molecule is Cc1ccccc1[B]CCC=CCCc1cccc(Cl)c1.c1c[nH]cn1. The molecule has 0 saturated heterocycles. The smallest absolute Gasteiger partial charge is 0.152 e. The first-order valence-electron chi connectivity index (χ1n) is 8.97. The van der Waals surface area contributed by atoms with Crippen LogP contribution in [0.25, 0.3) is 0 Å². The molecule has 1 radical (unpaired) electrons. The van der Waals surface area contributed by atoms with E-state index in [1.807, 2.05) is 18.2 Å². The Labute approximate surface area is 162 Å². The molecule has 0 aliphatic rings. The third-order valence-electron chi connectivity index (χ3n) is 3.95. The fourth-order valence-corrected chi connectivity index (χ4v) is 2.76. The number of aryl methyl sites for hydroxylation is 2. The van der Waals surface area contributed by atoms with E-state index < -0.39 is 0 Å². The quantitative estimate of drug-likeness (QED) is 0.340. The van der Waals surface area contributed by atoms with Crippen LogP contribution in [-0.4, -0.2) is 17.2 Å². The minimum Gasteiger partial charge on any atom is -0.351 e. The Kier molecular flexibility index (Phi) is 9.38. The number of halogens is 1.